The second-order valence-electron chi connectivity index (χ2n) is 4.38. The Morgan fingerprint density at radius 3 is 2.55 bits per heavy atom. The van der Waals surface area contributed by atoms with E-state index in [9.17, 15) is 10.1 Å². The lowest BCUT2D eigenvalue weighted by molar-refractivity contribution is -0.434. The van der Waals surface area contributed by atoms with Gasteiger partial charge in [0.25, 0.3) is 5.70 Å². The van der Waals surface area contributed by atoms with E-state index in [1.807, 2.05) is 12.1 Å². The van der Waals surface area contributed by atoms with Gasteiger partial charge in [0.1, 0.15) is 5.75 Å². The average molecular weight is 288 g/mol. The lowest BCUT2D eigenvalue weighted by Gasteiger charge is -2.23. The second kappa shape index (κ2) is 4.98. The van der Waals surface area contributed by atoms with Gasteiger partial charge in [0, 0.05) is 22.2 Å². The van der Waals surface area contributed by atoms with Crippen molar-refractivity contribution >= 4 is 17.7 Å². The molecular weight excluding hydrogens is 278 g/mol. The van der Waals surface area contributed by atoms with Crippen LogP contribution in [0, 0.1) is 10.1 Å². The zero-order chi connectivity index (χ0) is 14.1. The summed E-state index contributed by atoms with van der Waals surface area (Å²) in [6, 6.07) is 14.2. The van der Waals surface area contributed by atoms with Gasteiger partial charge in [0.15, 0.2) is 0 Å². The van der Waals surface area contributed by atoms with E-state index in [0.29, 0.717) is 21.9 Å². The molecule has 20 heavy (non-hydrogen) atoms. The highest BCUT2D eigenvalue weighted by Gasteiger charge is 2.34. The minimum absolute atomic E-state index is 0.0169. The highest BCUT2D eigenvalue weighted by atomic mass is 35.5. The third kappa shape index (κ3) is 2.14. The fourth-order valence-corrected chi connectivity index (χ4v) is 2.42. The molecule has 1 aliphatic rings. The summed E-state index contributed by atoms with van der Waals surface area (Å²) in [6.07, 6.45) is 0.737. The molecule has 0 saturated carbocycles. The molecule has 0 spiro atoms. The number of nitro groups is 1. The SMILES string of the molecule is O=[N+]([O-])C1=Cc2ccccc2OC1c1ccccc1Cl. The van der Waals surface area contributed by atoms with Gasteiger partial charge in [-0.1, -0.05) is 48.0 Å². The molecule has 0 N–H and O–H groups in total. The number of hydrogen-bond donors (Lipinski definition) is 0. The molecule has 2 aromatic rings. The summed E-state index contributed by atoms with van der Waals surface area (Å²) in [5.41, 5.74) is 1.27. The van der Waals surface area contributed by atoms with Crippen molar-refractivity contribution in [3.63, 3.8) is 0 Å². The van der Waals surface area contributed by atoms with Crippen LogP contribution >= 0.6 is 11.6 Å². The third-order valence-electron chi connectivity index (χ3n) is 3.13. The average Bonchev–Trinajstić information content (AvgIpc) is 2.46. The lowest BCUT2D eigenvalue weighted by Crippen LogP contribution is -2.20. The van der Waals surface area contributed by atoms with Gasteiger partial charge >= 0.3 is 0 Å². The van der Waals surface area contributed by atoms with Gasteiger partial charge in [0.2, 0.25) is 6.10 Å². The Kier molecular flexibility index (Phi) is 3.16. The van der Waals surface area contributed by atoms with E-state index in [2.05, 4.69) is 0 Å². The van der Waals surface area contributed by atoms with Gasteiger partial charge < -0.3 is 4.74 Å². The predicted molar refractivity (Wildman–Crippen MR) is 76.2 cm³/mol. The molecule has 5 heteroatoms. The van der Waals surface area contributed by atoms with Gasteiger partial charge in [-0.25, -0.2) is 0 Å². The Balaban J connectivity index is 2.13. The van der Waals surface area contributed by atoms with Crippen molar-refractivity contribution in [2.45, 2.75) is 6.10 Å². The summed E-state index contributed by atoms with van der Waals surface area (Å²) in [6.45, 7) is 0. The summed E-state index contributed by atoms with van der Waals surface area (Å²) < 4.78 is 5.78. The Morgan fingerprint density at radius 1 is 1.10 bits per heavy atom. The van der Waals surface area contributed by atoms with Gasteiger partial charge in [0.05, 0.1) is 4.92 Å². The topological polar surface area (TPSA) is 52.4 Å². The van der Waals surface area contributed by atoms with E-state index < -0.39 is 11.0 Å². The molecule has 0 bridgehead atoms. The zero-order valence-corrected chi connectivity index (χ0v) is 11.1. The first-order valence-corrected chi connectivity index (χ1v) is 6.40. The van der Waals surface area contributed by atoms with Crippen molar-refractivity contribution in [3.05, 3.63) is 80.5 Å². The number of ether oxygens (including phenoxy) is 1. The van der Waals surface area contributed by atoms with Crippen LogP contribution in [-0.4, -0.2) is 4.92 Å². The molecule has 3 rings (SSSR count). The van der Waals surface area contributed by atoms with Crippen molar-refractivity contribution in [2.24, 2.45) is 0 Å². The van der Waals surface area contributed by atoms with E-state index >= 15 is 0 Å². The molecular formula is C15H10ClNO3. The molecule has 2 aromatic carbocycles. The number of rotatable bonds is 2. The first-order valence-electron chi connectivity index (χ1n) is 6.03. The summed E-state index contributed by atoms with van der Waals surface area (Å²) in [5, 5.41) is 11.7. The molecule has 0 aliphatic carbocycles. The summed E-state index contributed by atoms with van der Waals surface area (Å²) >= 11 is 6.12. The number of hydrogen-bond acceptors (Lipinski definition) is 3. The van der Waals surface area contributed by atoms with Crippen LogP contribution < -0.4 is 4.74 Å². The van der Waals surface area contributed by atoms with Crippen LogP contribution in [0.4, 0.5) is 0 Å². The largest absolute Gasteiger partial charge is 0.474 e. The van der Waals surface area contributed by atoms with Crippen LogP contribution in [0.2, 0.25) is 5.02 Å². The van der Waals surface area contributed by atoms with E-state index in [4.69, 9.17) is 16.3 Å². The molecule has 0 radical (unpaired) electrons. The molecule has 0 fully saturated rings. The van der Waals surface area contributed by atoms with Crippen molar-refractivity contribution in [1.82, 2.24) is 0 Å². The van der Waals surface area contributed by atoms with E-state index in [1.54, 1.807) is 36.4 Å². The molecule has 1 heterocycles. The Labute approximate surface area is 120 Å². The fourth-order valence-electron chi connectivity index (χ4n) is 2.19. The number of fused-ring (bicyclic) bond motifs is 1. The quantitative estimate of drug-likeness (QED) is 0.617. The van der Waals surface area contributed by atoms with Crippen molar-refractivity contribution in [3.8, 4) is 5.75 Å². The Bertz CT molecular complexity index is 712. The third-order valence-corrected chi connectivity index (χ3v) is 3.48. The van der Waals surface area contributed by atoms with Gasteiger partial charge in [-0.15, -0.1) is 0 Å². The predicted octanol–water partition coefficient (Wildman–Crippen LogP) is 4.09. The van der Waals surface area contributed by atoms with Gasteiger partial charge in [-0.2, -0.15) is 0 Å². The first-order chi connectivity index (χ1) is 9.66. The zero-order valence-electron chi connectivity index (χ0n) is 10.3. The maximum atomic E-state index is 11.3. The summed E-state index contributed by atoms with van der Waals surface area (Å²) in [7, 11) is 0. The number of halogens is 1. The maximum Gasteiger partial charge on any atom is 0.291 e. The standard InChI is InChI=1S/C15H10ClNO3/c16-12-7-3-2-6-11(12)15-13(17(18)19)9-10-5-1-4-8-14(10)20-15/h1-9,15H. The molecule has 1 atom stereocenters. The van der Waals surface area contributed by atoms with Gasteiger partial charge in [-0.05, 0) is 12.1 Å². The molecule has 4 nitrogen and oxygen atoms in total. The van der Waals surface area contributed by atoms with Crippen molar-refractivity contribution in [1.29, 1.82) is 0 Å². The van der Waals surface area contributed by atoms with Gasteiger partial charge in [-0.3, -0.25) is 10.1 Å². The first kappa shape index (κ1) is 12.7. The minimum atomic E-state index is -0.798. The molecule has 1 aliphatic heterocycles. The van der Waals surface area contributed by atoms with Crippen LogP contribution in [0.3, 0.4) is 0 Å². The van der Waals surface area contributed by atoms with E-state index in [0.717, 1.165) is 0 Å². The van der Waals surface area contributed by atoms with Crippen LogP contribution in [0.15, 0.2) is 54.2 Å². The molecule has 0 amide bonds. The monoisotopic (exact) mass is 287 g/mol. The smallest absolute Gasteiger partial charge is 0.291 e. The summed E-state index contributed by atoms with van der Waals surface area (Å²) in [5.74, 6) is 0.614. The second-order valence-corrected chi connectivity index (χ2v) is 4.79. The van der Waals surface area contributed by atoms with Crippen LogP contribution in [0.5, 0.6) is 5.75 Å². The van der Waals surface area contributed by atoms with Crippen molar-refractivity contribution in [2.75, 3.05) is 0 Å². The maximum absolute atomic E-state index is 11.3. The normalized spacial score (nSPS) is 16.9. The van der Waals surface area contributed by atoms with Crippen LogP contribution in [0.25, 0.3) is 6.08 Å². The van der Waals surface area contributed by atoms with E-state index in [1.165, 1.54) is 6.08 Å². The van der Waals surface area contributed by atoms with Crippen molar-refractivity contribution < 1.29 is 9.66 Å². The Morgan fingerprint density at radius 2 is 1.80 bits per heavy atom. The number of nitrogens with zero attached hydrogens (tertiary/aromatic N) is 1. The lowest BCUT2D eigenvalue weighted by atomic mass is 10.0. The molecule has 1 unspecified atom stereocenters. The van der Waals surface area contributed by atoms with Crippen LogP contribution in [-0.2, 0) is 0 Å². The van der Waals surface area contributed by atoms with Crippen LogP contribution in [0.1, 0.15) is 17.2 Å². The fraction of sp³-hybridized carbons (Fsp3) is 0.0667. The summed E-state index contributed by atoms with van der Waals surface area (Å²) in [4.78, 5) is 10.8. The molecule has 100 valence electrons. The molecule has 0 saturated heterocycles. The number of para-hydroxylation sites is 1. The highest BCUT2D eigenvalue weighted by Crippen LogP contribution is 2.39. The highest BCUT2D eigenvalue weighted by molar-refractivity contribution is 6.31. The Hall–Kier alpha value is -2.33. The van der Waals surface area contributed by atoms with E-state index in [-0.39, 0.29) is 5.70 Å². The molecule has 0 aromatic heterocycles. The minimum Gasteiger partial charge on any atom is -0.474 e. The number of benzene rings is 2.